The first-order valence-corrected chi connectivity index (χ1v) is 6.97. The third-order valence-corrected chi connectivity index (χ3v) is 4.33. The van der Waals surface area contributed by atoms with Crippen LogP contribution in [0.5, 0.6) is 0 Å². The molecule has 1 unspecified atom stereocenters. The van der Waals surface area contributed by atoms with Crippen LogP contribution in [0.25, 0.3) is 0 Å². The molecule has 0 bridgehead atoms. The highest BCUT2D eigenvalue weighted by Gasteiger charge is 2.21. The number of fused-ring (bicyclic) bond motifs is 1. The van der Waals surface area contributed by atoms with E-state index >= 15 is 0 Å². The van der Waals surface area contributed by atoms with Crippen LogP contribution in [0.2, 0.25) is 0 Å². The van der Waals surface area contributed by atoms with Crippen molar-refractivity contribution in [1.82, 2.24) is 25.0 Å². The van der Waals surface area contributed by atoms with E-state index in [1.54, 1.807) is 0 Å². The summed E-state index contributed by atoms with van der Waals surface area (Å²) >= 11 is 2.06. The molecule has 0 spiro atoms. The molecule has 0 amide bonds. The average Bonchev–Trinajstić information content (AvgIpc) is 2.77. The normalized spacial score (nSPS) is 26.6. The minimum atomic E-state index is 0.647. The monoisotopic (exact) mass is 239 g/mol. The first-order chi connectivity index (χ1) is 7.92. The minimum Gasteiger partial charge on any atom is -0.315 e. The van der Waals surface area contributed by atoms with Gasteiger partial charge in [0.05, 0.1) is 6.54 Å². The van der Waals surface area contributed by atoms with Crippen LogP contribution in [-0.4, -0.2) is 56.8 Å². The fourth-order valence-corrected chi connectivity index (χ4v) is 3.26. The Morgan fingerprint density at radius 3 is 3.38 bits per heavy atom. The predicted octanol–water partition coefficient (Wildman–Crippen LogP) is -0.201. The van der Waals surface area contributed by atoms with Crippen LogP contribution in [0.15, 0.2) is 6.33 Å². The summed E-state index contributed by atoms with van der Waals surface area (Å²) in [6.45, 7) is 5.39. The molecular formula is C10H17N5S. The molecule has 1 fully saturated rings. The summed E-state index contributed by atoms with van der Waals surface area (Å²) in [5.41, 5.74) is 0. The van der Waals surface area contributed by atoms with E-state index in [-0.39, 0.29) is 0 Å². The molecule has 16 heavy (non-hydrogen) atoms. The molecule has 2 aliphatic heterocycles. The highest BCUT2D eigenvalue weighted by Crippen LogP contribution is 2.13. The van der Waals surface area contributed by atoms with Crippen molar-refractivity contribution in [1.29, 1.82) is 0 Å². The molecule has 1 aromatic rings. The van der Waals surface area contributed by atoms with Gasteiger partial charge in [0, 0.05) is 43.7 Å². The van der Waals surface area contributed by atoms with E-state index < -0.39 is 0 Å². The van der Waals surface area contributed by atoms with E-state index in [0.29, 0.717) is 6.04 Å². The Labute approximate surface area is 99.6 Å². The molecule has 0 radical (unpaired) electrons. The largest absolute Gasteiger partial charge is 0.315 e. The van der Waals surface area contributed by atoms with Crippen molar-refractivity contribution in [2.75, 3.05) is 31.1 Å². The summed E-state index contributed by atoms with van der Waals surface area (Å²) in [5, 5.41) is 11.7. The molecule has 3 rings (SSSR count). The van der Waals surface area contributed by atoms with E-state index in [1.807, 2.05) is 6.33 Å². The van der Waals surface area contributed by atoms with E-state index in [9.17, 15) is 0 Å². The zero-order valence-corrected chi connectivity index (χ0v) is 10.1. The molecule has 2 aliphatic rings. The zero-order valence-electron chi connectivity index (χ0n) is 9.30. The van der Waals surface area contributed by atoms with Gasteiger partial charge in [0.1, 0.15) is 12.2 Å². The van der Waals surface area contributed by atoms with Crippen LogP contribution in [0.4, 0.5) is 0 Å². The second-order valence-corrected chi connectivity index (χ2v) is 5.55. The Morgan fingerprint density at radius 2 is 2.50 bits per heavy atom. The van der Waals surface area contributed by atoms with Crippen molar-refractivity contribution in [2.45, 2.75) is 19.1 Å². The number of thioether (sulfide) groups is 1. The quantitative estimate of drug-likeness (QED) is 0.774. The van der Waals surface area contributed by atoms with Gasteiger partial charge in [0.2, 0.25) is 0 Å². The van der Waals surface area contributed by atoms with E-state index in [0.717, 1.165) is 38.5 Å². The summed E-state index contributed by atoms with van der Waals surface area (Å²) < 4.78 is 2.15. The zero-order chi connectivity index (χ0) is 10.8. The fourth-order valence-electron chi connectivity index (χ4n) is 2.32. The molecule has 1 aromatic heterocycles. The number of nitrogens with one attached hydrogen (secondary N) is 1. The number of hydrogen-bond donors (Lipinski definition) is 1. The van der Waals surface area contributed by atoms with Crippen LogP contribution in [0.1, 0.15) is 5.82 Å². The second kappa shape index (κ2) is 4.73. The number of aromatic nitrogens is 3. The van der Waals surface area contributed by atoms with Gasteiger partial charge in [-0.05, 0) is 0 Å². The molecule has 5 nitrogen and oxygen atoms in total. The van der Waals surface area contributed by atoms with Gasteiger partial charge in [-0.3, -0.25) is 4.90 Å². The summed E-state index contributed by atoms with van der Waals surface area (Å²) in [6, 6.07) is 0.647. The van der Waals surface area contributed by atoms with Gasteiger partial charge in [0.15, 0.2) is 0 Å². The molecule has 1 N–H and O–H groups in total. The minimum absolute atomic E-state index is 0.647. The van der Waals surface area contributed by atoms with Crippen molar-refractivity contribution in [3.05, 3.63) is 12.2 Å². The standard InChI is InChI=1S/C10H17N5S/c1-4-16-7-9(11-1)5-14-2-3-15-8-12-13-10(15)6-14/h8-9,11H,1-7H2. The molecule has 0 saturated carbocycles. The summed E-state index contributed by atoms with van der Waals surface area (Å²) in [6.07, 6.45) is 1.83. The lowest BCUT2D eigenvalue weighted by Crippen LogP contribution is -2.47. The van der Waals surface area contributed by atoms with Gasteiger partial charge in [-0.15, -0.1) is 10.2 Å². The Morgan fingerprint density at radius 1 is 1.50 bits per heavy atom. The SMILES string of the molecule is c1nnc2n1CCN(CC1CSCCN1)C2. The maximum absolute atomic E-state index is 4.15. The van der Waals surface area contributed by atoms with Gasteiger partial charge >= 0.3 is 0 Å². The number of nitrogens with zero attached hydrogens (tertiary/aromatic N) is 4. The van der Waals surface area contributed by atoms with Crippen molar-refractivity contribution in [3.63, 3.8) is 0 Å². The highest BCUT2D eigenvalue weighted by molar-refractivity contribution is 7.99. The Bertz CT molecular complexity index is 347. The Kier molecular flexibility index (Phi) is 3.12. The molecule has 0 aliphatic carbocycles. The number of hydrogen-bond acceptors (Lipinski definition) is 5. The lowest BCUT2D eigenvalue weighted by molar-refractivity contribution is 0.199. The van der Waals surface area contributed by atoms with Crippen LogP contribution < -0.4 is 5.32 Å². The molecule has 1 saturated heterocycles. The van der Waals surface area contributed by atoms with Crippen LogP contribution >= 0.6 is 11.8 Å². The first-order valence-electron chi connectivity index (χ1n) is 5.82. The van der Waals surface area contributed by atoms with Crippen LogP contribution in [-0.2, 0) is 13.1 Å². The van der Waals surface area contributed by atoms with Crippen molar-refractivity contribution in [2.24, 2.45) is 0 Å². The molecule has 0 aromatic carbocycles. The lowest BCUT2D eigenvalue weighted by Gasteiger charge is -2.32. The molecule has 6 heteroatoms. The first kappa shape index (κ1) is 10.6. The van der Waals surface area contributed by atoms with Gasteiger partial charge in [-0.25, -0.2) is 0 Å². The van der Waals surface area contributed by atoms with Crippen molar-refractivity contribution >= 4 is 11.8 Å². The molecule has 3 heterocycles. The van der Waals surface area contributed by atoms with E-state index in [2.05, 4.69) is 36.7 Å². The lowest BCUT2D eigenvalue weighted by atomic mass is 10.2. The van der Waals surface area contributed by atoms with Crippen LogP contribution in [0, 0.1) is 0 Å². The summed E-state index contributed by atoms with van der Waals surface area (Å²) in [4.78, 5) is 2.48. The van der Waals surface area contributed by atoms with Gasteiger partial charge in [0.25, 0.3) is 0 Å². The maximum Gasteiger partial charge on any atom is 0.147 e. The number of rotatable bonds is 2. The average molecular weight is 239 g/mol. The predicted molar refractivity (Wildman–Crippen MR) is 64.4 cm³/mol. The van der Waals surface area contributed by atoms with Gasteiger partial charge < -0.3 is 9.88 Å². The van der Waals surface area contributed by atoms with Crippen molar-refractivity contribution < 1.29 is 0 Å². The second-order valence-electron chi connectivity index (χ2n) is 4.40. The van der Waals surface area contributed by atoms with Crippen LogP contribution in [0.3, 0.4) is 0 Å². The fraction of sp³-hybridized carbons (Fsp3) is 0.800. The third kappa shape index (κ3) is 2.23. The summed E-state index contributed by atoms with van der Waals surface area (Å²) in [7, 11) is 0. The van der Waals surface area contributed by atoms with Gasteiger partial charge in [-0.1, -0.05) is 0 Å². The smallest absolute Gasteiger partial charge is 0.147 e. The maximum atomic E-state index is 4.15. The van der Waals surface area contributed by atoms with E-state index in [4.69, 9.17) is 0 Å². The summed E-state index contributed by atoms with van der Waals surface area (Å²) in [5.74, 6) is 3.60. The molecule has 88 valence electrons. The Balaban J connectivity index is 1.57. The Hall–Kier alpha value is -0.590. The molecule has 1 atom stereocenters. The van der Waals surface area contributed by atoms with Gasteiger partial charge in [-0.2, -0.15) is 11.8 Å². The highest BCUT2D eigenvalue weighted by atomic mass is 32.2. The molecular weight excluding hydrogens is 222 g/mol. The van der Waals surface area contributed by atoms with E-state index in [1.165, 1.54) is 11.5 Å². The van der Waals surface area contributed by atoms with Crippen molar-refractivity contribution in [3.8, 4) is 0 Å². The third-order valence-electron chi connectivity index (χ3n) is 3.19. The topological polar surface area (TPSA) is 46.0 Å².